The van der Waals surface area contributed by atoms with E-state index in [2.05, 4.69) is 5.32 Å². The molecule has 0 aliphatic heterocycles. The molecule has 7 heteroatoms. The lowest BCUT2D eigenvalue weighted by Crippen LogP contribution is -2.35. The molecule has 3 rings (SSSR count). The highest BCUT2D eigenvalue weighted by Gasteiger charge is 2.18. The number of aromatic nitrogens is 2. The number of fused-ring (bicyclic) bond motifs is 1. The maximum atomic E-state index is 12.8. The van der Waals surface area contributed by atoms with Crippen LogP contribution in [-0.2, 0) is 17.9 Å². The third-order valence-electron chi connectivity index (χ3n) is 4.92. The van der Waals surface area contributed by atoms with Crippen LogP contribution in [0.2, 0.25) is 0 Å². The summed E-state index contributed by atoms with van der Waals surface area (Å²) < 4.78 is 8.95. The van der Waals surface area contributed by atoms with Gasteiger partial charge in [0.15, 0.2) is 0 Å². The van der Waals surface area contributed by atoms with Gasteiger partial charge in [-0.1, -0.05) is 19.1 Å². The predicted molar refractivity (Wildman–Crippen MR) is 109 cm³/mol. The van der Waals surface area contributed by atoms with Crippen LogP contribution < -0.4 is 11.0 Å². The fourth-order valence-electron chi connectivity index (χ4n) is 3.46. The van der Waals surface area contributed by atoms with Crippen LogP contribution in [0.4, 0.5) is 0 Å². The van der Waals surface area contributed by atoms with Crippen LogP contribution >= 0.6 is 0 Å². The van der Waals surface area contributed by atoms with Gasteiger partial charge < -0.3 is 9.73 Å². The van der Waals surface area contributed by atoms with Crippen molar-refractivity contribution < 1.29 is 9.21 Å². The van der Waals surface area contributed by atoms with E-state index in [4.69, 9.17) is 4.42 Å². The Kier molecular flexibility index (Phi) is 6.36. The van der Waals surface area contributed by atoms with E-state index in [9.17, 15) is 9.59 Å². The number of imidazole rings is 1. The molecule has 7 nitrogen and oxygen atoms in total. The molecule has 1 N–H and O–H groups in total. The number of nitrogens with zero attached hydrogens (tertiary/aromatic N) is 3. The molecular weight excluding hydrogens is 356 g/mol. The van der Waals surface area contributed by atoms with E-state index in [1.807, 2.05) is 62.3 Å². The van der Waals surface area contributed by atoms with Gasteiger partial charge in [0.2, 0.25) is 5.91 Å². The van der Waals surface area contributed by atoms with Gasteiger partial charge in [-0.3, -0.25) is 18.8 Å². The normalized spacial score (nSPS) is 12.6. The summed E-state index contributed by atoms with van der Waals surface area (Å²) in [4.78, 5) is 27.2. The Morgan fingerprint density at radius 2 is 1.79 bits per heavy atom. The van der Waals surface area contributed by atoms with Crippen molar-refractivity contribution in [1.82, 2.24) is 19.4 Å². The molecule has 0 radical (unpaired) electrons. The average Bonchev–Trinajstić information content (AvgIpc) is 3.28. The summed E-state index contributed by atoms with van der Waals surface area (Å²) in [7, 11) is 3.89. The molecule has 0 bridgehead atoms. The van der Waals surface area contributed by atoms with Gasteiger partial charge in [-0.05, 0) is 44.8 Å². The SMILES string of the molecule is CCCn1c(=O)n(CCC(=O)NCC(c2ccco2)N(C)C)c2ccccc21. The number of furan rings is 1. The molecule has 1 unspecified atom stereocenters. The van der Waals surface area contributed by atoms with Crippen LogP contribution in [0.1, 0.15) is 31.6 Å². The van der Waals surface area contributed by atoms with E-state index in [0.717, 1.165) is 23.2 Å². The second-order valence-electron chi connectivity index (χ2n) is 7.12. The highest BCUT2D eigenvalue weighted by molar-refractivity contribution is 5.78. The van der Waals surface area contributed by atoms with E-state index >= 15 is 0 Å². The first-order valence-electron chi connectivity index (χ1n) is 9.67. The second-order valence-corrected chi connectivity index (χ2v) is 7.12. The summed E-state index contributed by atoms with van der Waals surface area (Å²) in [5, 5.41) is 2.96. The third-order valence-corrected chi connectivity index (χ3v) is 4.92. The molecule has 0 spiro atoms. The topological polar surface area (TPSA) is 72.4 Å². The van der Waals surface area contributed by atoms with Crippen molar-refractivity contribution in [2.24, 2.45) is 0 Å². The van der Waals surface area contributed by atoms with Crippen molar-refractivity contribution in [2.45, 2.75) is 38.9 Å². The van der Waals surface area contributed by atoms with Gasteiger partial charge in [0.05, 0.1) is 23.3 Å². The highest BCUT2D eigenvalue weighted by atomic mass is 16.3. The molecule has 0 fully saturated rings. The zero-order chi connectivity index (χ0) is 20.1. The molecule has 150 valence electrons. The van der Waals surface area contributed by atoms with Gasteiger partial charge in [0, 0.05) is 26.1 Å². The molecule has 2 heterocycles. The number of likely N-dealkylation sites (N-methyl/N-ethyl adjacent to an activating group) is 1. The monoisotopic (exact) mass is 384 g/mol. The van der Waals surface area contributed by atoms with Crippen LogP contribution in [0, 0.1) is 0 Å². The van der Waals surface area contributed by atoms with Crippen molar-refractivity contribution in [2.75, 3.05) is 20.6 Å². The zero-order valence-corrected chi connectivity index (χ0v) is 16.7. The largest absolute Gasteiger partial charge is 0.468 e. The number of amides is 1. The van der Waals surface area contributed by atoms with E-state index in [0.29, 0.717) is 19.6 Å². The van der Waals surface area contributed by atoms with Gasteiger partial charge in [0.25, 0.3) is 0 Å². The molecule has 0 saturated carbocycles. The van der Waals surface area contributed by atoms with E-state index in [1.54, 1.807) is 15.4 Å². The number of hydrogen-bond acceptors (Lipinski definition) is 4. The minimum atomic E-state index is -0.0855. The Morgan fingerprint density at radius 3 is 2.36 bits per heavy atom. The summed E-state index contributed by atoms with van der Waals surface area (Å²) in [6.07, 6.45) is 2.76. The first kappa shape index (κ1) is 19.9. The van der Waals surface area contributed by atoms with Crippen LogP contribution in [0.5, 0.6) is 0 Å². The lowest BCUT2D eigenvalue weighted by atomic mass is 10.2. The zero-order valence-electron chi connectivity index (χ0n) is 16.7. The maximum Gasteiger partial charge on any atom is 0.329 e. The summed E-state index contributed by atoms with van der Waals surface area (Å²) in [5.41, 5.74) is 1.73. The number of hydrogen-bond donors (Lipinski definition) is 1. The lowest BCUT2D eigenvalue weighted by Gasteiger charge is -2.22. The molecule has 28 heavy (non-hydrogen) atoms. The van der Waals surface area contributed by atoms with Gasteiger partial charge >= 0.3 is 5.69 Å². The molecule has 1 amide bonds. The van der Waals surface area contributed by atoms with Gasteiger partial charge in [-0.15, -0.1) is 0 Å². The number of para-hydroxylation sites is 2. The molecule has 0 aliphatic carbocycles. The van der Waals surface area contributed by atoms with Gasteiger partial charge in [0.1, 0.15) is 5.76 Å². The molecule has 2 aromatic heterocycles. The molecule has 1 atom stereocenters. The van der Waals surface area contributed by atoms with Crippen LogP contribution in [0.25, 0.3) is 11.0 Å². The predicted octanol–water partition coefficient (Wildman–Crippen LogP) is 2.62. The molecule has 0 aliphatic rings. The Bertz CT molecular complexity index is 969. The Morgan fingerprint density at radius 1 is 1.11 bits per heavy atom. The summed E-state index contributed by atoms with van der Waals surface area (Å²) in [5.74, 6) is 0.724. The van der Waals surface area contributed by atoms with Crippen LogP contribution in [0.15, 0.2) is 51.9 Å². The fourth-order valence-corrected chi connectivity index (χ4v) is 3.46. The first-order chi connectivity index (χ1) is 13.5. The third kappa shape index (κ3) is 4.20. The van der Waals surface area contributed by atoms with Gasteiger partial charge in [-0.2, -0.15) is 0 Å². The Labute approximate surface area is 164 Å². The Balaban J connectivity index is 1.66. The van der Waals surface area contributed by atoms with Crippen molar-refractivity contribution in [1.29, 1.82) is 0 Å². The number of nitrogens with one attached hydrogen (secondary N) is 1. The highest BCUT2D eigenvalue weighted by Crippen LogP contribution is 2.17. The quantitative estimate of drug-likeness (QED) is 0.616. The Hall–Kier alpha value is -2.80. The smallest absolute Gasteiger partial charge is 0.329 e. The number of carbonyl (C=O) groups excluding carboxylic acids is 1. The van der Waals surface area contributed by atoms with E-state index in [1.165, 1.54) is 0 Å². The standard InChI is InChI=1S/C21H28N4O3/c1-4-12-24-16-8-5-6-9-17(16)25(21(24)27)13-11-20(26)22-15-18(23(2)3)19-10-7-14-28-19/h5-10,14,18H,4,11-13,15H2,1-3H3,(H,22,26). The molecular formula is C21H28N4O3. The number of carbonyl (C=O) groups is 1. The van der Waals surface area contributed by atoms with Crippen molar-refractivity contribution >= 4 is 16.9 Å². The molecule has 1 aromatic carbocycles. The second kappa shape index (κ2) is 8.93. The maximum absolute atomic E-state index is 12.8. The summed E-state index contributed by atoms with van der Waals surface area (Å²) >= 11 is 0. The number of benzene rings is 1. The van der Waals surface area contributed by atoms with Crippen LogP contribution in [0.3, 0.4) is 0 Å². The minimum Gasteiger partial charge on any atom is -0.468 e. The van der Waals surface area contributed by atoms with Crippen molar-refractivity contribution in [3.63, 3.8) is 0 Å². The first-order valence-corrected chi connectivity index (χ1v) is 9.67. The van der Waals surface area contributed by atoms with E-state index in [-0.39, 0.29) is 24.1 Å². The summed E-state index contributed by atoms with van der Waals surface area (Å²) in [6.45, 7) is 3.53. The number of aryl methyl sites for hydroxylation is 2. The van der Waals surface area contributed by atoms with Crippen LogP contribution in [-0.4, -0.2) is 40.6 Å². The van der Waals surface area contributed by atoms with Crippen molar-refractivity contribution in [3.8, 4) is 0 Å². The molecule has 0 saturated heterocycles. The number of rotatable bonds is 9. The summed E-state index contributed by atoms with van der Waals surface area (Å²) in [6, 6.07) is 11.4. The average molecular weight is 384 g/mol. The fraction of sp³-hybridized carbons (Fsp3) is 0.429. The van der Waals surface area contributed by atoms with E-state index < -0.39 is 0 Å². The lowest BCUT2D eigenvalue weighted by molar-refractivity contribution is -0.121. The van der Waals surface area contributed by atoms with Gasteiger partial charge in [-0.25, -0.2) is 4.79 Å². The van der Waals surface area contributed by atoms with Crippen molar-refractivity contribution in [3.05, 3.63) is 58.9 Å². The minimum absolute atomic E-state index is 0.0341. The molecule has 3 aromatic rings.